The Bertz CT molecular complexity index is 1380. The number of carbonyl (C=O) groups is 1. The molecule has 0 atom stereocenters. The fourth-order valence-corrected chi connectivity index (χ4v) is 5.59. The molecule has 5 aromatic rings. The average molecular weight is 498 g/mol. The first-order valence-electron chi connectivity index (χ1n) is 10.3. The quantitative estimate of drug-likeness (QED) is 0.277. The summed E-state index contributed by atoms with van der Waals surface area (Å²) in [5.74, 6) is 1.30. The van der Waals surface area contributed by atoms with E-state index in [-0.39, 0.29) is 11.7 Å². The number of para-hydroxylation sites is 1. The Labute approximate surface area is 201 Å². The second kappa shape index (κ2) is 9.86. The van der Waals surface area contributed by atoms with E-state index in [0.717, 1.165) is 32.9 Å². The van der Waals surface area contributed by atoms with Gasteiger partial charge < -0.3 is 14.5 Å². The van der Waals surface area contributed by atoms with Gasteiger partial charge in [-0.3, -0.25) is 4.79 Å². The van der Waals surface area contributed by atoms with E-state index in [1.807, 2.05) is 43.3 Å². The van der Waals surface area contributed by atoms with Crippen LogP contribution in [0.5, 0.6) is 5.75 Å². The lowest BCUT2D eigenvalue weighted by molar-refractivity contribution is -0.113. The standard InChI is InChI=1S/C22H19N5O3S3/c1-2-29-13-7-8-15-17(11-13)33-21(24-15)25-18(28)12-31-22-27-26-19(30-22)9-10-20-23-14-5-3-4-6-16(14)32-20/h3-8,11H,2,9-10,12H2,1H3,(H,24,25,28). The number of thiazole rings is 2. The van der Waals surface area contributed by atoms with Crippen LogP contribution in [0.1, 0.15) is 17.8 Å². The van der Waals surface area contributed by atoms with Crippen molar-refractivity contribution in [2.24, 2.45) is 0 Å². The maximum absolute atomic E-state index is 12.3. The van der Waals surface area contributed by atoms with Crippen molar-refractivity contribution in [2.75, 3.05) is 17.7 Å². The molecule has 0 aliphatic carbocycles. The van der Waals surface area contributed by atoms with Crippen molar-refractivity contribution in [2.45, 2.75) is 25.0 Å². The number of fused-ring (bicyclic) bond motifs is 2. The summed E-state index contributed by atoms with van der Waals surface area (Å²) >= 11 is 4.28. The van der Waals surface area contributed by atoms with Crippen molar-refractivity contribution in [3.63, 3.8) is 0 Å². The Balaban J connectivity index is 1.12. The van der Waals surface area contributed by atoms with Gasteiger partial charge in [-0.25, -0.2) is 9.97 Å². The molecule has 3 heterocycles. The first-order valence-corrected chi connectivity index (χ1v) is 12.9. The van der Waals surface area contributed by atoms with Crippen LogP contribution in [0.2, 0.25) is 0 Å². The molecule has 3 aromatic heterocycles. The van der Waals surface area contributed by atoms with Crippen LogP contribution < -0.4 is 10.1 Å². The maximum atomic E-state index is 12.3. The first kappa shape index (κ1) is 21.8. The lowest BCUT2D eigenvalue weighted by Gasteiger charge is -2.00. The molecular formula is C22H19N5O3S3. The predicted molar refractivity (Wildman–Crippen MR) is 131 cm³/mol. The molecule has 0 fully saturated rings. The number of benzene rings is 2. The number of thioether (sulfide) groups is 1. The molecular weight excluding hydrogens is 478 g/mol. The summed E-state index contributed by atoms with van der Waals surface area (Å²) in [6.07, 6.45) is 1.34. The number of rotatable bonds is 9. The van der Waals surface area contributed by atoms with Crippen molar-refractivity contribution < 1.29 is 13.9 Å². The Morgan fingerprint density at radius 1 is 1.06 bits per heavy atom. The molecule has 168 valence electrons. The van der Waals surface area contributed by atoms with Gasteiger partial charge >= 0.3 is 0 Å². The van der Waals surface area contributed by atoms with Gasteiger partial charge in [-0.15, -0.1) is 21.5 Å². The number of aryl methyl sites for hydroxylation is 2. The highest BCUT2D eigenvalue weighted by Crippen LogP contribution is 2.29. The van der Waals surface area contributed by atoms with Crippen LogP contribution in [0.4, 0.5) is 5.13 Å². The zero-order chi connectivity index (χ0) is 22.6. The fourth-order valence-electron chi connectivity index (χ4n) is 3.14. The highest BCUT2D eigenvalue weighted by Gasteiger charge is 2.13. The summed E-state index contributed by atoms with van der Waals surface area (Å²) in [6, 6.07) is 13.8. The molecule has 1 amide bonds. The summed E-state index contributed by atoms with van der Waals surface area (Å²) in [5, 5.41) is 12.9. The van der Waals surface area contributed by atoms with Gasteiger partial charge in [0.15, 0.2) is 5.13 Å². The number of nitrogens with zero attached hydrogens (tertiary/aromatic N) is 4. The van der Waals surface area contributed by atoms with Crippen LogP contribution in [0.25, 0.3) is 20.4 Å². The number of hydrogen-bond acceptors (Lipinski definition) is 10. The molecule has 0 spiro atoms. The average Bonchev–Trinajstić information content (AvgIpc) is 3.53. The lowest BCUT2D eigenvalue weighted by Crippen LogP contribution is -2.13. The highest BCUT2D eigenvalue weighted by molar-refractivity contribution is 7.99. The van der Waals surface area contributed by atoms with Crippen LogP contribution >= 0.6 is 34.4 Å². The van der Waals surface area contributed by atoms with Crippen molar-refractivity contribution in [3.8, 4) is 5.75 Å². The van der Waals surface area contributed by atoms with E-state index in [1.54, 1.807) is 11.3 Å². The Morgan fingerprint density at radius 2 is 1.94 bits per heavy atom. The zero-order valence-electron chi connectivity index (χ0n) is 17.6. The predicted octanol–water partition coefficient (Wildman–Crippen LogP) is 5.20. The third-order valence-electron chi connectivity index (χ3n) is 4.58. The minimum atomic E-state index is -0.182. The molecule has 0 aliphatic rings. The molecule has 5 rings (SSSR count). The second-order valence-electron chi connectivity index (χ2n) is 6.96. The molecule has 0 bridgehead atoms. The molecule has 0 aliphatic heterocycles. The van der Waals surface area contributed by atoms with Gasteiger partial charge in [-0.05, 0) is 37.3 Å². The molecule has 0 saturated heterocycles. The van der Waals surface area contributed by atoms with Gasteiger partial charge in [0.05, 0.1) is 37.8 Å². The monoisotopic (exact) mass is 497 g/mol. The van der Waals surface area contributed by atoms with E-state index in [2.05, 4.69) is 31.5 Å². The van der Waals surface area contributed by atoms with E-state index in [4.69, 9.17) is 9.15 Å². The zero-order valence-corrected chi connectivity index (χ0v) is 20.1. The minimum absolute atomic E-state index is 0.152. The summed E-state index contributed by atoms with van der Waals surface area (Å²) in [4.78, 5) is 21.4. The summed E-state index contributed by atoms with van der Waals surface area (Å²) in [6.45, 7) is 2.54. The molecule has 0 unspecified atom stereocenters. The Hall–Kier alpha value is -3.02. The van der Waals surface area contributed by atoms with Crippen molar-refractivity contribution >= 4 is 65.9 Å². The van der Waals surface area contributed by atoms with E-state index in [0.29, 0.717) is 29.3 Å². The summed E-state index contributed by atoms with van der Waals surface area (Å²) < 4.78 is 13.3. The van der Waals surface area contributed by atoms with Gasteiger partial charge in [-0.2, -0.15) is 0 Å². The number of hydrogen-bond donors (Lipinski definition) is 1. The number of carbonyl (C=O) groups excluding carboxylic acids is 1. The van der Waals surface area contributed by atoms with E-state index < -0.39 is 0 Å². The number of nitrogens with one attached hydrogen (secondary N) is 1. The van der Waals surface area contributed by atoms with Crippen LogP contribution in [-0.2, 0) is 17.6 Å². The van der Waals surface area contributed by atoms with E-state index in [1.165, 1.54) is 27.8 Å². The Kier molecular flexibility index (Phi) is 6.51. The van der Waals surface area contributed by atoms with Crippen molar-refractivity contribution in [1.29, 1.82) is 0 Å². The SMILES string of the molecule is CCOc1ccc2nc(NC(=O)CSc3nnc(CCc4nc5ccccc5s4)o3)sc2c1. The maximum Gasteiger partial charge on any atom is 0.277 e. The first-order chi connectivity index (χ1) is 16.2. The van der Waals surface area contributed by atoms with Crippen LogP contribution in [0.3, 0.4) is 0 Å². The third-order valence-corrected chi connectivity index (χ3v) is 7.43. The fraction of sp³-hybridized carbons (Fsp3) is 0.227. The molecule has 33 heavy (non-hydrogen) atoms. The van der Waals surface area contributed by atoms with Gasteiger partial charge in [-0.1, -0.05) is 35.2 Å². The minimum Gasteiger partial charge on any atom is -0.494 e. The normalized spacial score (nSPS) is 11.3. The number of anilines is 1. The van der Waals surface area contributed by atoms with Gasteiger partial charge in [0.1, 0.15) is 5.75 Å². The van der Waals surface area contributed by atoms with E-state index in [9.17, 15) is 4.79 Å². The van der Waals surface area contributed by atoms with Gasteiger partial charge in [0.2, 0.25) is 11.8 Å². The van der Waals surface area contributed by atoms with Crippen LogP contribution in [-0.4, -0.2) is 38.4 Å². The lowest BCUT2D eigenvalue weighted by atomic mass is 10.3. The van der Waals surface area contributed by atoms with Crippen molar-refractivity contribution in [1.82, 2.24) is 20.2 Å². The topological polar surface area (TPSA) is 103 Å². The Morgan fingerprint density at radius 3 is 2.82 bits per heavy atom. The number of amides is 1. The largest absolute Gasteiger partial charge is 0.494 e. The highest BCUT2D eigenvalue weighted by atomic mass is 32.2. The smallest absolute Gasteiger partial charge is 0.277 e. The van der Waals surface area contributed by atoms with E-state index >= 15 is 0 Å². The van der Waals surface area contributed by atoms with Gasteiger partial charge in [0.25, 0.3) is 5.22 Å². The molecule has 1 N–H and O–H groups in total. The number of ether oxygens (including phenoxy) is 1. The van der Waals surface area contributed by atoms with Crippen molar-refractivity contribution in [3.05, 3.63) is 53.4 Å². The number of aromatic nitrogens is 4. The van der Waals surface area contributed by atoms with Gasteiger partial charge in [0, 0.05) is 12.8 Å². The molecule has 2 aromatic carbocycles. The van der Waals surface area contributed by atoms with Crippen LogP contribution in [0, 0.1) is 0 Å². The summed E-state index contributed by atoms with van der Waals surface area (Å²) in [5.41, 5.74) is 1.83. The molecule has 8 nitrogen and oxygen atoms in total. The molecule has 0 saturated carbocycles. The second-order valence-corrected chi connectivity index (χ2v) is 10.0. The third kappa shape index (κ3) is 5.32. The molecule has 0 radical (unpaired) electrons. The summed E-state index contributed by atoms with van der Waals surface area (Å²) in [7, 11) is 0. The van der Waals surface area contributed by atoms with Crippen LogP contribution in [0.15, 0.2) is 52.1 Å². The molecule has 11 heteroatoms.